The molecule has 0 aliphatic heterocycles. The van der Waals surface area contributed by atoms with Gasteiger partial charge in [0.15, 0.2) is 0 Å². The second-order valence-electron chi connectivity index (χ2n) is 3.46. The molecule has 0 fully saturated rings. The van der Waals surface area contributed by atoms with Crippen LogP contribution in [-0.4, -0.2) is 24.2 Å². The van der Waals surface area contributed by atoms with E-state index in [-0.39, 0.29) is 5.56 Å². The zero-order chi connectivity index (χ0) is 11.7. The van der Waals surface area contributed by atoms with Crippen LogP contribution in [0.3, 0.4) is 0 Å². The van der Waals surface area contributed by atoms with Crippen molar-refractivity contribution in [1.29, 1.82) is 0 Å². The van der Waals surface area contributed by atoms with E-state index in [4.69, 9.17) is 0 Å². The average molecular weight is 230 g/mol. The fourth-order valence-electron chi connectivity index (χ4n) is 1.14. The normalized spacial score (nSPS) is 14.3. The van der Waals surface area contributed by atoms with E-state index in [1.807, 2.05) is 0 Å². The Kier molecular flexibility index (Phi) is 2.82. The lowest BCUT2D eigenvalue weighted by Crippen LogP contribution is -2.42. The van der Waals surface area contributed by atoms with Gasteiger partial charge >= 0.3 is 0 Å². The van der Waals surface area contributed by atoms with Gasteiger partial charge in [0.25, 0.3) is 5.12 Å². The zero-order valence-electron chi connectivity index (χ0n) is 8.64. The van der Waals surface area contributed by atoms with Crippen LogP contribution in [-0.2, 0) is 9.63 Å². The third-order valence-electron chi connectivity index (χ3n) is 2.15. The van der Waals surface area contributed by atoms with Gasteiger partial charge in [0, 0.05) is 5.56 Å². The lowest BCUT2D eigenvalue weighted by Gasteiger charge is -2.26. The van der Waals surface area contributed by atoms with E-state index in [1.165, 1.54) is 19.1 Å². The van der Waals surface area contributed by atoms with Crippen LogP contribution >= 0.6 is 0 Å². The first-order valence-electron chi connectivity index (χ1n) is 4.51. The summed E-state index contributed by atoms with van der Waals surface area (Å²) < 4.78 is 30.2. The molecule has 0 aliphatic rings. The van der Waals surface area contributed by atoms with Crippen molar-refractivity contribution in [2.24, 2.45) is 0 Å². The molecule has 15 heavy (non-hydrogen) atoms. The van der Waals surface area contributed by atoms with Crippen LogP contribution in [0.5, 0.6) is 0 Å². The van der Waals surface area contributed by atoms with E-state index in [1.54, 1.807) is 19.1 Å². The number of benzene rings is 1. The highest BCUT2D eigenvalue weighted by Gasteiger charge is 2.38. The van der Waals surface area contributed by atoms with Gasteiger partial charge in [0.2, 0.25) is 0 Å². The van der Waals surface area contributed by atoms with Gasteiger partial charge in [0.05, 0.1) is 5.75 Å². The van der Waals surface area contributed by atoms with Gasteiger partial charge in [-0.15, -0.1) is 0 Å². The molecule has 0 amide bonds. The molecule has 0 unspecified atom stereocenters. The molecule has 0 saturated carbocycles. The molecule has 0 spiro atoms. The van der Waals surface area contributed by atoms with Crippen molar-refractivity contribution in [2.45, 2.75) is 13.8 Å². The smallest absolute Gasteiger partial charge is 0.273 e. The van der Waals surface area contributed by atoms with Gasteiger partial charge in [-0.1, -0.05) is 30.7 Å². The molecule has 0 saturated heterocycles. The van der Waals surface area contributed by atoms with Crippen LogP contribution in [0.4, 0.5) is 0 Å². The molecule has 84 valence electrons. The number of hydrogen-bond donors (Lipinski definition) is 2. The molecule has 5 heteroatoms. The summed E-state index contributed by atoms with van der Waals surface area (Å²) in [5, 5.41) is -1.11. The standard InChI is InChI=1S/C10H14O4S/c1-3-15(12,13,14)10(11)9-6-4-5-8(2)7-9/h4-7H,3H2,1-2H3,(H2,12,13,14). The Morgan fingerprint density at radius 1 is 1.40 bits per heavy atom. The highest BCUT2D eigenvalue weighted by molar-refractivity contribution is 8.23. The summed E-state index contributed by atoms with van der Waals surface area (Å²) in [7, 11) is -5.15. The Labute approximate surface area is 88.4 Å². The quantitative estimate of drug-likeness (QED) is 0.814. The third-order valence-corrected chi connectivity index (χ3v) is 4.17. The summed E-state index contributed by atoms with van der Waals surface area (Å²) in [5.41, 5.74) is 0.846. The summed E-state index contributed by atoms with van der Waals surface area (Å²) in [6.07, 6.45) is 0. The summed E-state index contributed by atoms with van der Waals surface area (Å²) in [6.45, 7) is 3.05. The van der Waals surface area contributed by atoms with Crippen molar-refractivity contribution in [2.75, 3.05) is 5.75 Å². The Balaban J connectivity index is 3.23. The van der Waals surface area contributed by atoms with Gasteiger partial charge in [0.1, 0.15) is 9.63 Å². The van der Waals surface area contributed by atoms with Crippen LogP contribution in [0.2, 0.25) is 0 Å². The van der Waals surface area contributed by atoms with E-state index in [9.17, 15) is 18.1 Å². The second kappa shape index (κ2) is 3.52. The first kappa shape index (κ1) is 12.0. The predicted molar refractivity (Wildman–Crippen MR) is 59.5 cm³/mol. The Morgan fingerprint density at radius 3 is 2.47 bits per heavy atom. The molecule has 0 heterocycles. The lowest BCUT2D eigenvalue weighted by molar-refractivity contribution is 0.104. The van der Waals surface area contributed by atoms with Crippen molar-refractivity contribution in [3.8, 4) is 0 Å². The molecule has 0 radical (unpaired) electrons. The Hall–Kier alpha value is -1.04. The highest BCUT2D eigenvalue weighted by atomic mass is 32.3. The summed E-state index contributed by atoms with van der Waals surface area (Å²) >= 11 is 0. The molecule has 1 aromatic carbocycles. The van der Waals surface area contributed by atoms with Gasteiger partial charge in [-0.25, -0.2) is 4.21 Å². The van der Waals surface area contributed by atoms with E-state index in [0.717, 1.165) is 5.56 Å². The number of carbonyl (C=O) groups is 1. The van der Waals surface area contributed by atoms with Crippen molar-refractivity contribution in [1.82, 2.24) is 0 Å². The molecule has 0 aromatic heterocycles. The van der Waals surface area contributed by atoms with Crippen LogP contribution < -0.4 is 0 Å². The first-order chi connectivity index (χ1) is 6.74. The van der Waals surface area contributed by atoms with Crippen LogP contribution in [0, 0.1) is 6.92 Å². The minimum Gasteiger partial charge on any atom is -0.302 e. The van der Waals surface area contributed by atoms with Crippen molar-refractivity contribution in [3.05, 3.63) is 35.4 Å². The maximum absolute atomic E-state index is 11.6. The Bertz CT molecular complexity index is 458. The molecule has 1 rings (SSSR count). The van der Waals surface area contributed by atoms with E-state index >= 15 is 0 Å². The molecular weight excluding hydrogens is 216 g/mol. The maximum atomic E-state index is 11.6. The zero-order valence-corrected chi connectivity index (χ0v) is 9.45. The molecule has 0 aliphatic carbocycles. The predicted octanol–water partition coefficient (Wildman–Crippen LogP) is 1.92. The largest absolute Gasteiger partial charge is 0.302 e. The van der Waals surface area contributed by atoms with Gasteiger partial charge in [-0.2, -0.15) is 0 Å². The first-order valence-corrected chi connectivity index (χ1v) is 6.56. The van der Waals surface area contributed by atoms with Gasteiger partial charge in [-0.05, 0) is 13.0 Å². The summed E-state index contributed by atoms with van der Waals surface area (Å²) in [4.78, 5) is 11.6. The van der Waals surface area contributed by atoms with E-state index < -0.39 is 20.5 Å². The van der Waals surface area contributed by atoms with Gasteiger partial charge in [-0.3, -0.25) is 4.79 Å². The van der Waals surface area contributed by atoms with Crippen molar-refractivity contribution < 1.29 is 18.1 Å². The van der Waals surface area contributed by atoms with Crippen molar-refractivity contribution in [3.63, 3.8) is 0 Å². The molecule has 1 aromatic rings. The highest BCUT2D eigenvalue weighted by Crippen LogP contribution is 2.22. The fraction of sp³-hybridized carbons (Fsp3) is 0.300. The van der Waals surface area contributed by atoms with Gasteiger partial charge < -0.3 is 9.11 Å². The summed E-state index contributed by atoms with van der Waals surface area (Å²) in [5.74, 6) is -0.496. The number of hydrogen-bond acceptors (Lipinski definition) is 2. The molecule has 0 bridgehead atoms. The third kappa shape index (κ3) is 2.50. The van der Waals surface area contributed by atoms with Crippen LogP contribution in [0.1, 0.15) is 22.8 Å². The monoisotopic (exact) mass is 230 g/mol. The van der Waals surface area contributed by atoms with Crippen molar-refractivity contribution >= 4 is 14.7 Å². The maximum Gasteiger partial charge on any atom is 0.273 e. The second-order valence-corrected chi connectivity index (χ2v) is 6.44. The number of rotatable bonds is 2. The average Bonchev–Trinajstić information content (AvgIpc) is 2.16. The minimum atomic E-state index is -5.15. The number of aryl methyl sites for hydroxylation is 1. The van der Waals surface area contributed by atoms with Crippen LogP contribution in [0.25, 0.3) is 0 Å². The Morgan fingerprint density at radius 2 is 2.00 bits per heavy atom. The molecule has 0 atom stereocenters. The van der Waals surface area contributed by atoms with E-state index in [0.29, 0.717) is 0 Å². The van der Waals surface area contributed by atoms with E-state index in [2.05, 4.69) is 0 Å². The minimum absolute atomic E-state index is 0.0545. The topological polar surface area (TPSA) is 74.6 Å². The molecule has 4 nitrogen and oxygen atoms in total. The van der Waals surface area contributed by atoms with Crippen LogP contribution in [0.15, 0.2) is 24.3 Å². The SMILES string of the molecule is CCS(=O)(O)(O)C(=O)c1cccc(C)c1. The fourth-order valence-corrected chi connectivity index (χ4v) is 2.00. The summed E-state index contributed by atoms with van der Waals surface area (Å²) in [6, 6.07) is 6.24. The molecule has 2 N–H and O–H groups in total. The molecular formula is C10H14O4S. The number of carbonyl (C=O) groups excluding carboxylic acids is 1. The lowest BCUT2D eigenvalue weighted by atomic mass is 10.2.